The van der Waals surface area contributed by atoms with Crippen molar-refractivity contribution in [3.63, 3.8) is 0 Å². The van der Waals surface area contributed by atoms with Crippen molar-refractivity contribution < 1.29 is 0 Å². The fourth-order valence-electron chi connectivity index (χ4n) is 2.07. The van der Waals surface area contributed by atoms with Gasteiger partial charge in [-0.25, -0.2) is 0 Å². The van der Waals surface area contributed by atoms with Gasteiger partial charge in [0.25, 0.3) is 0 Å². The highest BCUT2D eigenvalue weighted by Crippen LogP contribution is 2.19. The van der Waals surface area contributed by atoms with Crippen LogP contribution in [0.5, 0.6) is 0 Å². The normalized spacial score (nSPS) is 12.8. The van der Waals surface area contributed by atoms with E-state index in [4.69, 9.17) is 0 Å². The minimum Gasteiger partial charge on any atom is -0.0767 e. The third-order valence-electron chi connectivity index (χ3n) is 3.54. The van der Waals surface area contributed by atoms with Crippen molar-refractivity contribution in [1.29, 1.82) is 0 Å². The number of benzene rings is 2. The molecule has 0 saturated carbocycles. The van der Waals surface area contributed by atoms with Crippen LogP contribution in [0.1, 0.15) is 35.1 Å². The lowest BCUT2D eigenvalue weighted by molar-refractivity contribution is 0.973. The Bertz CT molecular complexity index is 535. The molecule has 0 heteroatoms. The Morgan fingerprint density at radius 2 is 1.61 bits per heavy atom. The summed E-state index contributed by atoms with van der Waals surface area (Å²) in [5.41, 5.74) is 5.40. The van der Waals surface area contributed by atoms with Gasteiger partial charge in [0.15, 0.2) is 0 Å². The Morgan fingerprint density at radius 3 is 2.33 bits per heavy atom. The minimum absolute atomic E-state index is 0.450. The van der Waals surface area contributed by atoms with Crippen LogP contribution in [0.3, 0.4) is 0 Å². The van der Waals surface area contributed by atoms with E-state index < -0.39 is 0 Å². The summed E-state index contributed by atoms with van der Waals surface area (Å²) < 4.78 is 0. The van der Waals surface area contributed by atoms with Crippen molar-refractivity contribution in [2.45, 2.75) is 26.7 Å². The molecule has 92 valence electrons. The smallest absolute Gasteiger partial charge is 0.000711 e. The van der Waals surface area contributed by atoms with E-state index >= 15 is 0 Å². The highest BCUT2D eigenvalue weighted by molar-refractivity contribution is 5.56. The standard InChI is InChI=1S/C18H20/c1-14-8-7-11-18(16(14)3)13-12-15(2)17-9-5-4-6-10-17/h4-13,15H,1-3H3/b13-12+. The Balaban J connectivity index is 2.19. The van der Waals surface area contributed by atoms with Crippen LogP contribution in [0.25, 0.3) is 6.08 Å². The van der Waals surface area contributed by atoms with Crippen LogP contribution in [0.4, 0.5) is 0 Å². The second-order valence-electron chi connectivity index (χ2n) is 4.85. The Labute approximate surface area is 110 Å². The molecule has 2 aromatic carbocycles. The van der Waals surface area contributed by atoms with Gasteiger partial charge < -0.3 is 0 Å². The summed E-state index contributed by atoms with van der Waals surface area (Å²) in [6.07, 6.45) is 4.51. The van der Waals surface area contributed by atoms with E-state index in [1.165, 1.54) is 22.3 Å². The van der Waals surface area contributed by atoms with E-state index in [0.29, 0.717) is 5.92 Å². The lowest BCUT2D eigenvalue weighted by atomic mass is 9.98. The van der Waals surface area contributed by atoms with Crippen LogP contribution in [0.2, 0.25) is 0 Å². The van der Waals surface area contributed by atoms with Gasteiger partial charge in [-0.3, -0.25) is 0 Å². The van der Waals surface area contributed by atoms with Crippen LogP contribution < -0.4 is 0 Å². The molecule has 0 aliphatic heterocycles. The first-order valence-corrected chi connectivity index (χ1v) is 6.48. The maximum Gasteiger partial charge on any atom is -0.000711 e. The van der Waals surface area contributed by atoms with Crippen molar-refractivity contribution >= 4 is 6.08 Å². The van der Waals surface area contributed by atoms with Crippen LogP contribution >= 0.6 is 0 Å². The fourth-order valence-corrected chi connectivity index (χ4v) is 2.07. The molecule has 0 heterocycles. The van der Waals surface area contributed by atoms with E-state index in [0.717, 1.165) is 0 Å². The second-order valence-corrected chi connectivity index (χ2v) is 4.85. The lowest BCUT2D eigenvalue weighted by Crippen LogP contribution is -1.89. The largest absolute Gasteiger partial charge is 0.0767 e. The first-order valence-electron chi connectivity index (χ1n) is 6.48. The first kappa shape index (κ1) is 12.6. The van der Waals surface area contributed by atoms with E-state index in [2.05, 4.69) is 81.5 Å². The van der Waals surface area contributed by atoms with Gasteiger partial charge in [0.1, 0.15) is 0 Å². The number of allylic oxidation sites excluding steroid dienone is 1. The maximum absolute atomic E-state index is 2.27. The highest BCUT2D eigenvalue weighted by atomic mass is 14.1. The molecule has 0 aromatic heterocycles. The van der Waals surface area contributed by atoms with E-state index in [9.17, 15) is 0 Å². The van der Waals surface area contributed by atoms with E-state index in [-0.39, 0.29) is 0 Å². The number of rotatable bonds is 3. The molecule has 0 aliphatic rings. The molecule has 18 heavy (non-hydrogen) atoms. The summed E-state index contributed by atoms with van der Waals surface area (Å²) >= 11 is 0. The van der Waals surface area contributed by atoms with Gasteiger partial charge in [-0.05, 0) is 42.0 Å². The van der Waals surface area contributed by atoms with Crippen LogP contribution in [0, 0.1) is 13.8 Å². The number of hydrogen-bond donors (Lipinski definition) is 0. The van der Waals surface area contributed by atoms with Gasteiger partial charge in [-0.2, -0.15) is 0 Å². The summed E-state index contributed by atoms with van der Waals surface area (Å²) in [5, 5.41) is 0. The molecule has 0 radical (unpaired) electrons. The average Bonchev–Trinajstić information content (AvgIpc) is 2.41. The van der Waals surface area contributed by atoms with Crippen molar-refractivity contribution in [2.75, 3.05) is 0 Å². The molecule has 2 rings (SSSR count). The Kier molecular flexibility index (Phi) is 3.99. The quantitative estimate of drug-likeness (QED) is 0.693. The summed E-state index contributed by atoms with van der Waals surface area (Å²) in [5.74, 6) is 0.450. The molecule has 0 nitrogen and oxygen atoms in total. The zero-order chi connectivity index (χ0) is 13.0. The lowest BCUT2D eigenvalue weighted by Gasteiger charge is -2.08. The molecule has 0 aliphatic carbocycles. The molecular formula is C18H20. The molecule has 1 atom stereocenters. The molecule has 0 bridgehead atoms. The first-order chi connectivity index (χ1) is 8.68. The minimum atomic E-state index is 0.450. The third-order valence-corrected chi connectivity index (χ3v) is 3.54. The van der Waals surface area contributed by atoms with E-state index in [1.807, 2.05) is 0 Å². The van der Waals surface area contributed by atoms with Crippen molar-refractivity contribution in [3.8, 4) is 0 Å². The molecule has 0 spiro atoms. The molecule has 1 unspecified atom stereocenters. The third kappa shape index (κ3) is 2.89. The molecule has 2 aromatic rings. The molecule has 0 saturated heterocycles. The number of aryl methyl sites for hydroxylation is 1. The zero-order valence-electron chi connectivity index (χ0n) is 11.4. The summed E-state index contributed by atoms with van der Waals surface area (Å²) in [6.45, 7) is 6.58. The SMILES string of the molecule is Cc1cccc(/C=C/C(C)c2ccccc2)c1C. The van der Waals surface area contributed by atoms with Gasteiger partial charge >= 0.3 is 0 Å². The monoisotopic (exact) mass is 236 g/mol. The maximum atomic E-state index is 2.27. The predicted molar refractivity (Wildman–Crippen MR) is 79.8 cm³/mol. The fraction of sp³-hybridized carbons (Fsp3) is 0.222. The Hall–Kier alpha value is -1.82. The average molecular weight is 236 g/mol. The van der Waals surface area contributed by atoms with Gasteiger partial charge in [0.05, 0.1) is 0 Å². The van der Waals surface area contributed by atoms with Gasteiger partial charge in [0, 0.05) is 0 Å². The predicted octanol–water partition coefficient (Wildman–Crippen LogP) is 5.12. The highest BCUT2D eigenvalue weighted by Gasteiger charge is 2.01. The molecule has 0 N–H and O–H groups in total. The topological polar surface area (TPSA) is 0 Å². The Morgan fingerprint density at radius 1 is 0.889 bits per heavy atom. The van der Waals surface area contributed by atoms with Crippen LogP contribution in [-0.4, -0.2) is 0 Å². The van der Waals surface area contributed by atoms with Crippen molar-refractivity contribution in [2.24, 2.45) is 0 Å². The molecular weight excluding hydrogens is 216 g/mol. The van der Waals surface area contributed by atoms with Gasteiger partial charge in [-0.15, -0.1) is 0 Å². The van der Waals surface area contributed by atoms with E-state index in [1.54, 1.807) is 0 Å². The number of hydrogen-bond acceptors (Lipinski definition) is 0. The van der Waals surface area contributed by atoms with Crippen LogP contribution in [-0.2, 0) is 0 Å². The molecule has 0 amide bonds. The van der Waals surface area contributed by atoms with Gasteiger partial charge in [0.2, 0.25) is 0 Å². The summed E-state index contributed by atoms with van der Waals surface area (Å²) in [7, 11) is 0. The summed E-state index contributed by atoms with van der Waals surface area (Å²) in [4.78, 5) is 0. The van der Waals surface area contributed by atoms with Crippen molar-refractivity contribution in [3.05, 3.63) is 76.9 Å². The van der Waals surface area contributed by atoms with Crippen LogP contribution in [0.15, 0.2) is 54.6 Å². The van der Waals surface area contributed by atoms with Gasteiger partial charge in [-0.1, -0.05) is 67.6 Å². The second kappa shape index (κ2) is 5.68. The zero-order valence-corrected chi connectivity index (χ0v) is 11.4. The van der Waals surface area contributed by atoms with Crippen molar-refractivity contribution in [1.82, 2.24) is 0 Å². The molecule has 0 fully saturated rings. The summed E-state index contributed by atoms with van der Waals surface area (Å²) in [6, 6.07) is 17.1.